The number of carbonyl (C=O) groups excluding carboxylic acids is 1. The summed E-state index contributed by atoms with van der Waals surface area (Å²) < 4.78 is 24.7. The molecule has 2 aromatic rings. The Morgan fingerprint density at radius 2 is 1.68 bits per heavy atom. The Hall–Kier alpha value is -2.38. The monoisotopic (exact) mass is 317 g/mol. The Balaban J connectivity index is 1.92. The Morgan fingerprint density at radius 1 is 1.05 bits per heavy atom. The highest BCUT2D eigenvalue weighted by Crippen LogP contribution is 2.24. The third-order valence-corrected chi connectivity index (χ3v) is 4.73. The number of fused-ring (bicyclic) bond motifs is 1. The van der Waals surface area contributed by atoms with Crippen LogP contribution >= 0.6 is 0 Å². The minimum atomic E-state index is -3.81. The largest absolute Gasteiger partial charge is 0.364 e. The highest BCUT2D eigenvalue weighted by atomic mass is 32.2. The minimum Gasteiger partial charge on any atom is -0.364 e. The number of nitrogens with zero attached hydrogens (tertiary/aromatic N) is 1. The van der Waals surface area contributed by atoms with Gasteiger partial charge in [0.25, 0.3) is 15.9 Å². The first-order chi connectivity index (χ1) is 10.5. The fourth-order valence-corrected chi connectivity index (χ4v) is 3.41. The topological polar surface area (TPSA) is 78.5 Å². The lowest BCUT2D eigenvalue weighted by Gasteiger charge is -2.35. The van der Waals surface area contributed by atoms with Crippen molar-refractivity contribution in [2.45, 2.75) is 18.0 Å². The number of hydrogen-bond donors (Lipinski definition) is 2. The summed E-state index contributed by atoms with van der Waals surface area (Å²) in [7, 11) is -3.81. The van der Waals surface area contributed by atoms with Gasteiger partial charge in [-0.1, -0.05) is 30.3 Å². The van der Waals surface area contributed by atoms with Crippen LogP contribution in [0.5, 0.6) is 0 Å². The van der Waals surface area contributed by atoms with Crippen molar-refractivity contribution in [2.75, 3.05) is 5.32 Å². The molecule has 6 nitrogen and oxygen atoms in total. The Morgan fingerprint density at radius 3 is 2.41 bits per heavy atom. The summed E-state index contributed by atoms with van der Waals surface area (Å²) in [6.07, 6.45) is -0.499. The van der Waals surface area contributed by atoms with Gasteiger partial charge in [0, 0.05) is 5.69 Å². The predicted octanol–water partition coefficient (Wildman–Crippen LogP) is 1.79. The molecule has 114 valence electrons. The summed E-state index contributed by atoms with van der Waals surface area (Å²) in [5.74, 6) is -0.388. The van der Waals surface area contributed by atoms with Gasteiger partial charge in [0.05, 0.1) is 10.5 Å². The molecule has 1 aliphatic heterocycles. The maximum atomic E-state index is 12.5. The number of sulfonamides is 1. The quantitative estimate of drug-likeness (QED) is 0.905. The molecule has 2 N–H and O–H groups in total. The zero-order valence-corrected chi connectivity index (χ0v) is 12.7. The predicted molar refractivity (Wildman–Crippen MR) is 82.5 cm³/mol. The first kappa shape index (κ1) is 14.6. The molecule has 0 aromatic heterocycles. The van der Waals surface area contributed by atoms with E-state index in [-0.39, 0.29) is 10.8 Å². The Labute approximate surface area is 128 Å². The van der Waals surface area contributed by atoms with E-state index in [1.807, 2.05) is 6.07 Å². The molecule has 0 radical (unpaired) electrons. The molecule has 0 fully saturated rings. The number of benzene rings is 2. The average Bonchev–Trinajstić information content (AvgIpc) is 2.52. The fraction of sp³-hybridized carbons (Fsp3) is 0.133. The molecule has 1 atom stereocenters. The van der Waals surface area contributed by atoms with Crippen LogP contribution in [0.3, 0.4) is 0 Å². The highest BCUT2D eigenvalue weighted by Gasteiger charge is 2.32. The van der Waals surface area contributed by atoms with Crippen molar-refractivity contribution in [2.24, 2.45) is 0 Å². The van der Waals surface area contributed by atoms with Crippen LogP contribution in [0.2, 0.25) is 0 Å². The van der Waals surface area contributed by atoms with Crippen LogP contribution in [0.1, 0.15) is 17.3 Å². The summed E-state index contributed by atoms with van der Waals surface area (Å²) in [6.45, 7) is 1.71. The second kappa shape index (κ2) is 5.43. The van der Waals surface area contributed by atoms with Crippen molar-refractivity contribution < 1.29 is 13.2 Å². The number of anilines is 1. The lowest BCUT2D eigenvalue weighted by molar-refractivity contribution is 0.0651. The Bertz CT molecular complexity index is 806. The van der Waals surface area contributed by atoms with E-state index < -0.39 is 16.2 Å². The minimum absolute atomic E-state index is 0.105. The molecule has 3 rings (SSSR count). The van der Waals surface area contributed by atoms with Gasteiger partial charge in [0.15, 0.2) is 0 Å². The molecule has 0 bridgehead atoms. The number of rotatable bonds is 3. The number of hydrazine groups is 1. The number of amides is 1. The van der Waals surface area contributed by atoms with Gasteiger partial charge in [-0.2, -0.15) is 0 Å². The average molecular weight is 317 g/mol. The van der Waals surface area contributed by atoms with Gasteiger partial charge in [-0.25, -0.2) is 13.4 Å². The van der Waals surface area contributed by atoms with Gasteiger partial charge in [-0.05, 0) is 31.2 Å². The number of hydrogen-bond acceptors (Lipinski definition) is 4. The lowest BCUT2D eigenvalue weighted by Crippen LogP contribution is -2.55. The lowest BCUT2D eigenvalue weighted by atomic mass is 10.1. The van der Waals surface area contributed by atoms with E-state index >= 15 is 0 Å². The van der Waals surface area contributed by atoms with Crippen LogP contribution in [0, 0.1) is 0 Å². The SMILES string of the molecule is C[C@@H]1Nc2ccccc2C(=O)N1NS(=O)(=O)c1ccccc1. The molecular weight excluding hydrogens is 302 g/mol. The van der Waals surface area contributed by atoms with Gasteiger partial charge in [0.1, 0.15) is 6.17 Å². The van der Waals surface area contributed by atoms with Crippen LogP contribution < -0.4 is 10.1 Å². The van der Waals surface area contributed by atoms with E-state index in [0.717, 1.165) is 5.01 Å². The molecule has 1 amide bonds. The van der Waals surface area contributed by atoms with Gasteiger partial charge >= 0.3 is 0 Å². The smallest absolute Gasteiger partial charge is 0.272 e. The van der Waals surface area contributed by atoms with Gasteiger partial charge in [-0.15, -0.1) is 4.83 Å². The van der Waals surface area contributed by atoms with Crippen molar-refractivity contribution in [3.8, 4) is 0 Å². The van der Waals surface area contributed by atoms with E-state index in [2.05, 4.69) is 10.1 Å². The van der Waals surface area contributed by atoms with E-state index in [0.29, 0.717) is 11.3 Å². The summed E-state index contributed by atoms with van der Waals surface area (Å²) in [5, 5.41) is 4.18. The molecule has 2 aromatic carbocycles. The maximum Gasteiger partial charge on any atom is 0.272 e. The molecular formula is C15H15N3O3S. The van der Waals surface area contributed by atoms with Crippen molar-refractivity contribution in [3.63, 3.8) is 0 Å². The number of para-hydroxylation sites is 1. The number of carbonyl (C=O) groups is 1. The van der Waals surface area contributed by atoms with Gasteiger partial charge < -0.3 is 5.32 Å². The zero-order chi connectivity index (χ0) is 15.7. The highest BCUT2D eigenvalue weighted by molar-refractivity contribution is 7.89. The third-order valence-electron chi connectivity index (χ3n) is 3.40. The molecule has 22 heavy (non-hydrogen) atoms. The first-order valence-corrected chi connectivity index (χ1v) is 8.24. The molecule has 1 heterocycles. The molecule has 0 aliphatic carbocycles. The van der Waals surface area contributed by atoms with Crippen LogP contribution in [0.4, 0.5) is 5.69 Å². The molecule has 7 heteroatoms. The molecule has 1 aliphatic rings. The molecule has 0 spiro atoms. The van der Waals surface area contributed by atoms with Gasteiger partial charge in [-0.3, -0.25) is 4.79 Å². The second-order valence-electron chi connectivity index (χ2n) is 4.95. The first-order valence-electron chi connectivity index (χ1n) is 6.76. The number of nitrogens with one attached hydrogen (secondary N) is 2. The maximum absolute atomic E-state index is 12.5. The summed E-state index contributed by atoms with van der Waals surface area (Å²) in [5.41, 5.74) is 1.12. The van der Waals surface area contributed by atoms with Crippen molar-refractivity contribution in [1.29, 1.82) is 0 Å². The van der Waals surface area contributed by atoms with Crippen LogP contribution in [-0.4, -0.2) is 25.5 Å². The zero-order valence-electron chi connectivity index (χ0n) is 11.9. The summed E-state index contributed by atoms with van der Waals surface area (Å²) >= 11 is 0. The molecule has 0 unspecified atom stereocenters. The van der Waals surface area contributed by atoms with E-state index in [1.165, 1.54) is 12.1 Å². The summed E-state index contributed by atoms with van der Waals surface area (Å²) in [4.78, 5) is 14.9. The standard InChI is InChI=1S/C15H15N3O3S/c1-11-16-14-10-6-5-9-13(14)15(19)18(11)17-22(20,21)12-7-3-2-4-8-12/h2-11,16-17H,1H3/t11-/m1/s1. The van der Waals surface area contributed by atoms with Crippen LogP contribution in [0.15, 0.2) is 59.5 Å². The molecule has 0 saturated heterocycles. The second-order valence-corrected chi connectivity index (χ2v) is 6.61. The van der Waals surface area contributed by atoms with Crippen molar-refractivity contribution in [3.05, 3.63) is 60.2 Å². The molecule has 0 saturated carbocycles. The van der Waals surface area contributed by atoms with Crippen molar-refractivity contribution in [1.82, 2.24) is 9.84 Å². The van der Waals surface area contributed by atoms with Crippen LogP contribution in [0.25, 0.3) is 0 Å². The fourth-order valence-electron chi connectivity index (χ4n) is 2.29. The van der Waals surface area contributed by atoms with Gasteiger partial charge in [0.2, 0.25) is 0 Å². The van der Waals surface area contributed by atoms with E-state index in [9.17, 15) is 13.2 Å². The van der Waals surface area contributed by atoms with E-state index in [4.69, 9.17) is 0 Å². The third kappa shape index (κ3) is 2.56. The van der Waals surface area contributed by atoms with Crippen LogP contribution in [-0.2, 0) is 10.0 Å². The normalized spacial score (nSPS) is 17.8. The van der Waals surface area contributed by atoms with Crippen molar-refractivity contribution >= 4 is 21.6 Å². The Kier molecular flexibility index (Phi) is 3.59. The van der Waals surface area contributed by atoms with E-state index in [1.54, 1.807) is 43.3 Å². The summed E-state index contributed by atoms with van der Waals surface area (Å²) in [6, 6.07) is 14.9.